The van der Waals surface area contributed by atoms with Gasteiger partial charge >= 0.3 is 0 Å². The first-order valence-electron chi connectivity index (χ1n) is 11.2. The number of nitrogens with one attached hydrogen (secondary N) is 2. The second-order valence-electron chi connectivity index (χ2n) is 8.48. The largest absolute Gasteiger partial charge is 0.351 e. The van der Waals surface area contributed by atoms with Crippen molar-refractivity contribution >= 4 is 34.1 Å². The SMILES string of the molecule is Cc1ccc(C(=O)NCCN2CCN(C)CC2)cc1C#Cc1c(N=N)ncc2ccc(Cl)cc12. The molecule has 1 aromatic heterocycles. The molecular weight excluding hydrogens is 448 g/mol. The van der Waals surface area contributed by atoms with Crippen molar-refractivity contribution in [1.29, 1.82) is 5.53 Å². The van der Waals surface area contributed by atoms with Gasteiger partial charge in [-0.3, -0.25) is 9.69 Å². The number of nitrogens with zero attached hydrogens (tertiary/aromatic N) is 4. The summed E-state index contributed by atoms with van der Waals surface area (Å²) in [5.41, 5.74) is 10.3. The zero-order valence-corrected chi connectivity index (χ0v) is 20.1. The molecule has 0 radical (unpaired) electrons. The number of aromatic nitrogens is 1. The van der Waals surface area contributed by atoms with Gasteiger partial charge in [-0.15, -0.1) is 5.11 Å². The molecule has 0 unspecified atom stereocenters. The Morgan fingerprint density at radius 2 is 1.97 bits per heavy atom. The van der Waals surface area contributed by atoms with Gasteiger partial charge in [-0.2, -0.15) is 0 Å². The number of carbonyl (C=O) groups is 1. The summed E-state index contributed by atoms with van der Waals surface area (Å²) >= 11 is 6.19. The number of hydrogen-bond acceptors (Lipinski definition) is 6. The molecule has 0 spiro atoms. The van der Waals surface area contributed by atoms with Crippen LogP contribution in [0.15, 0.2) is 47.7 Å². The third-order valence-electron chi connectivity index (χ3n) is 6.07. The van der Waals surface area contributed by atoms with Crippen molar-refractivity contribution < 1.29 is 4.79 Å². The van der Waals surface area contributed by atoms with E-state index in [1.54, 1.807) is 24.4 Å². The van der Waals surface area contributed by atoms with Crippen LogP contribution in [0, 0.1) is 24.3 Å². The fourth-order valence-corrected chi connectivity index (χ4v) is 4.08. The van der Waals surface area contributed by atoms with Crippen molar-refractivity contribution in [1.82, 2.24) is 20.1 Å². The van der Waals surface area contributed by atoms with E-state index in [0.717, 1.165) is 54.6 Å². The summed E-state index contributed by atoms with van der Waals surface area (Å²) in [7, 11) is 2.13. The molecule has 8 heteroatoms. The van der Waals surface area contributed by atoms with E-state index in [0.29, 0.717) is 22.7 Å². The van der Waals surface area contributed by atoms with E-state index in [2.05, 4.69) is 44.1 Å². The Balaban J connectivity index is 1.52. The summed E-state index contributed by atoms with van der Waals surface area (Å²) in [6.07, 6.45) is 1.66. The highest BCUT2D eigenvalue weighted by atomic mass is 35.5. The fourth-order valence-electron chi connectivity index (χ4n) is 3.91. The molecule has 3 aromatic rings. The highest BCUT2D eigenvalue weighted by Crippen LogP contribution is 2.27. The predicted molar refractivity (Wildman–Crippen MR) is 135 cm³/mol. The van der Waals surface area contributed by atoms with Crippen LogP contribution in [0.4, 0.5) is 5.82 Å². The molecule has 2 N–H and O–H groups in total. The molecule has 34 heavy (non-hydrogen) atoms. The lowest BCUT2D eigenvalue weighted by atomic mass is 10.0. The summed E-state index contributed by atoms with van der Waals surface area (Å²) in [4.78, 5) is 21.7. The van der Waals surface area contributed by atoms with Gasteiger partial charge in [0.05, 0.1) is 5.56 Å². The maximum Gasteiger partial charge on any atom is 0.251 e. The van der Waals surface area contributed by atoms with E-state index >= 15 is 0 Å². The van der Waals surface area contributed by atoms with Crippen LogP contribution < -0.4 is 5.32 Å². The maximum atomic E-state index is 12.7. The molecule has 1 aliphatic rings. The Hall–Kier alpha value is -3.31. The van der Waals surface area contributed by atoms with Crippen molar-refractivity contribution in [2.24, 2.45) is 5.11 Å². The van der Waals surface area contributed by atoms with E-state index < -0.39 is 0 Å². The van der Waals surface area contributed by atoms with Crippen LogP contribution in [-0.2, 0) is 0 Å². The van der Waals surface area contributed by atoms with Crippen molar-refractivity contribution in [3.05, 3.63) is 69.9 Å². The molecule has 0 saturated carbocycles. The molecule has 1 saturated heterocycles. The second-order valence-corrected chi connectivity index (χ2v) is 8.92. The van der Waals surface area contributed by atoms with Crippen molar-refractivity contribution in [3.63, 3.8) is 0 Å². The Kier molecular flexibility index (Phi) is 7.53. The molecule has 0 bridgehead atoms. The number of aryl methyl sites for hydroxylation is 1. The monoisotopic (exact) mass is 474 g/mol. The third-order valence-corrected chi connectivity index (χ3v) is 6.31. The normalized spacial score (nSPS) is 14.4. The lowest BCUT2D eigenvalue weighted by Gasteiger charge is -2.32. The summed E-state index contributed by atoms with van der Waals surface area (Å²) in [6.45, 7) is 7.56. The molecule has 174 valence electrons. The standard InChI is InChI=1S/C26H27ClN6O/c1-18-3-4-20(26(34)29-9-10-33-13-11-32(2)12-14-33)15-19(18)6-8-23-24-16-22(27)7-5-21(24)17-30-25(23)31-28/h3-5,7,15-17,28H,9-14H2,1-2H3,(H,29,34). The number of carbonyl (C=O) groups excluding carboxylic acids is 1. The zero-order chi connectivity index (χ0) is 24.1. The van der Waals surface area contributed by atoms with Gasteiger partial charge in [0.1, 0.15) is 0 Å². The average Bonchev–Trinajstić information content (AvgIpc) is 2.84. The van der Waals surface area contributed by atoms with Gasteiger partial charge in [0.2, 0.25) is 0 Å². The van der Waals surface area contributed by atoms with Gasteiger partial charge in [0.15, 0.2) is 5.82 Å². The maximum absolute atomic E-state index is 12.7. The van der Waals surface area contributed by atoms with Crippen LogP contribution in [-0.4, -0.2) is 67.0 Å². The highest BCUT2D eigenvalue weighted by molar-refractivity contribution is 6.31. The van der Waals surface area contributed by atoms with Crippen LogP contribution in [0.3, 0.4) is 0 Å². The number of benzene rings is 2. The Labute approximate surface area is 204 Å². The topological polar surface area (TPSA) is 84.7 Å². The smallest absolute Gasteiger partial charge is 0.251 e. The van der Waals surface area contributed by atoms with Gasteiger partial charge < -0.3 is 10.2 Å². The summed E-state index contributed by atoms with van der Waals surface area (Å²) < 4.78 is 0. The molecule has 2 aromatic carbocycles. The number of fused-ring (bicyclic) bond motifs is 1. The first kappa shape index (κ1) is 23.8. The minimum atomic E-state index is -0.113. The second kappa shape index (κ2) is 10.7. The molecule has 1 amide bonds. The molecule has 1 fully saturated rings. The minimum Gasteiger partial charge on any atom is -0.351 e. The number of pyridine rings is 1. The molecule has 4 rings (SSSR count). The van der Waals surface area contributed by atoms with Gasteiger partial charge in [0, 0.05) is 72.4 Å². The van der Waals surface area contributed by atoms with Crippen molar-refractivity contribution in [3.8, 4) is 11.8 Å². The number of amides is 1. The highest BCUT2D eigenvalue weighted by Gasteiger charge is 2.14. The first-order chi connectivity index (χ1) is 16.4. The van der Waals surface area contributed by atoms with Crippen LogP contribution >= 0.6 is 11.6 Å². The number of hydrogen-bond donors (Lipinski definition) is 2. The molecular formula is C26H27ClN6O. The number of likely N-dealkylation sites (N-methyl/N-ethyl adjacent to an activating group) is 1. The van der Waals surface area contributed by atoms with Crippen molar-refractivity contribution in [2.45, 2.75) is 6.92 Å². The van der Waals surface area contributed by atoms with Gasteiger partial charge in [-0.1, -0.05) is 35.6 Å². The predicted octanol–water partition coefficient (Wildman–Crippen LogP) is 4.24. The minimum absolute atomic E-state index is 0.113. The molecule has 7 nitrogen and oxygen atoms in total. The van der Waals surface area contributed by atoms with Crippen LogP contribution in [0.25, 0.3) is 10.8 Å². The van der Waals surface area contributed by atoms with Gasteiger partial charge in [-0.25, -0.2) is 10.5 Å². The Morgan fingerprint density at radius 3 is 2.74 bits per heavy atom. The van der Waals surface area contributed by atoms with E-state index in [1.807, 2.05) is 25.1 Å². The van der Waals surface area contributed by atoms with E-state index in [-0.39, 0.29) is 11.7 Å². The van der Waals surface area contributed by atoms with Gasteiger partial charge in [-0.05, 0) is 43.8 Å². The summed E-state index contributed by atoms with van der Waals surface area (Å²) in [5, 5.41) is 8.78. The van der Waals surface area contributed by atoms with Crippen LogP contribution in [0.5, 0.6) is 0 Å². The third kappa shape index (κ3) is 5.60. The van der Waals surface area contributed by atoms with E-state index in [1.165, 1.54) is 0 Å². The van der Waals surface area contributed by atoms with E-state index in [4.69, 9.17) is 17.1 Å². The Bertz CT molecular complexity index is 1290. The molecule has 1 aliphatic heterocycles. The van der Waals surface area contributed by atoms with Crippen molar-refractivity contribution in [2.75, 3.05) is 46.3 Å². The fraction of sp³-hybridized carbons (Fsp3) is 0.308. The summed E-state index contributed by atoms with van der Waals surface area (Å²) in [5.74, 6) is 6.39. The van der Waals surface area contributed by atoms with Gasteiger partial charge in [0.25, 0.3) is 5.91 Å². The molecule has 0 aliphatic carbocycles. The lowest BCUT2D eigenvalue weighted by Crippen LogP contribution is -2.46. The number of piperazine rings is 1. The quantitative estimate of drug-likeness (QED) is 0.428. The zero-order valence-electron chi connectivity index (χ0n) is 19.4. The average molecular weight is 475 g/mol. The number of rotatable bonds is 5. The first-order valence-corrected chi connectivity index (χ1v) is 11.6. The van der Waals surface area contributed by atoms with Crippen LogP contribution in [0.2, 0.25) is 5.02 Å². The van der Waals surface area contributed by atoms with E-state index in [9.17, 15) is 4.79 Å². The Morgan fingerprint density at radius 1 is 1.18 bits per heavy atom. The molecule has 0 atom stereocenters. The molecule has 2 heterocycles. The number of halogens is 1. The summed E-state index contributed by atoms with van der Waals surface area (Å²) in [6, 6.07) is 11.0. The van der Waals surface area contributed by atoms with Crippen LogP contribution in [0.1, 0.15) is 27.0 Å². The lowest BCUT2D eigenvalue weighted by molar-refractivity contribution is 0.0941.